The molecule has 2 heterocycles. The third kappa shape index (κ3) is 4.78. The molecule has 0 unspecified atom stereocenters. The highest BCUT2D eigenvalue weighted by atomic mass is 32.1. The minimum atomic E-state index is 1.11. The zero-order valence-corrected chi connectivity index (χ0v) is 29.6. The molecule has 0 aliphatic heterocycles. The van der Waals surface area contributed by atoms with Crippen LogP contribution in [0.25, 0.3) is 80.3 Å². The smallest absolute Gasteiger partial charge is 0.0561 e. The Morgan fingerprint density at radius 2 is 0.981 bits per heavy atom. The summed E-state index contributed by atoms with van der Waals surface area (Å²) in [6.45, 7) is 0. The number of thiophene rings is 1. The molecule has 0 spiro atoms. The molecule has 0 saturated carbocycles. The van der Waals surface area contributed by atoms with Crippen LogP contribution in [0.15, 0.2) is 194 Å². The van der Waals surface area contributed by atoms with Gasteiger partial charge < -0.3 is 9.47 Å². The molecule has 0 saturated heterocycles. The summed E-state index contributed by atoms with van der Waals surface area (Å²) in [4.78, 5) is 2.45. The van der Waals surface area contributed by atoms with Crippen molar-refractivity contribution in [1.29, 1.82) is 0 Å². The molecule has 0 fully saturated rings. The fraction of sp³-hybridized carbons (Fsp3) is 0. The molecule has 0 bridgehead atoms. The van der Waals surface area contributed by atoms with Crippen LogP contribution < -0.4 is 4.90 Å². The van der Waals surface area contributed by atoms with E-state index in [-0.39, 0.29) is 0 Å². The van der Waals surface area contributed by atoms with Gasteiger partial charge in [-0.15, -0.1) is 11.3 Å². The SMILES string of the molecule is c1ccc(-n2c3ccccc3c3ccc(N(c4ccc(-c5ccc6sc7ccccc7c6c5)cc4)c4cc5ccccc5c5ccccc45)cc32)cc1. The monoisotopic (exact) mass is 692 g/mol. The van der Waals surface area contributed by atoms with Crippen molar-refractivity contribution >= 4 is 91.9 Å². The lowest BCUT2D eigenvalue weighted by molar-refractivity contribution is 1.18. The van der Waals surface area contributed by atoms with Gasteiger partial charge in [0.25, 0.3) is 0 Å². The highest BCUT2D eigenvalue weighted by molar-refractivity contribution is 7.25. The number of benzene rings is 9. The molecule has 248 valence electrons. The van der Waals surface area contributed by atoms with E-state index in [0.717, 1.165) is 22.7 Å². The van der Waals surface area contributed by atoms with Gasteiger partial charge in [-0.25, -0.2) is 0 Å². The Kier molecular flexibility index (Phi) is 6.76. The van der Waals surface area contributed by atoms with Crippen LogP contribution in [0.1, 0.15) is 0 Å². The molecular formula is C50H32N2S. The lowest BCUT2D eigenvalue weighted by Gasteiger charge is -2.28. The van der Waals surface area contributed by atoms with Gasteiger partial charge in [0.05, 0.1) is 16.7 Å². The number of hydrogen-bond acceptors (Lipinski definition) is 2. The molecule has 2 nitrogen and oxygen atoms in total. The zero-order valence-electron chi connectivity index (χ0n) is 28.8. The molecule has 0 aliphatic rings. The second-order valence-corrected chi connectivity index (χ2v) is 14.8. The molecule has 0 N–H and O–H groups in total. The number of aromatic nitrogens is 1. The van der Waals surface area contributed by atoms with Gasteiger partial charge in [-0.05, 0) is 94.0 Å². The van der Waals surface area contributed by atoms with Crippen LogP contribution in [0.3, 0.4) is 0 Å². The second-order valence-electron chi connectivity index (χ2n) is 13.7. The van der Waals surface area contributed by atoms with Gasteiger partial charge in [0.2, 0.25) is 0 Å². The molecule has 53 heavy (non-hydrogen) atoms. The lowest BCUT2D eigenvalue weighted by atomic mass is 9.98. The summed E-state index contributed by atoms with van der Waals surface area (Å²) in [6, 6.07) is 71.1. The van der Waals surface area contributed by atoms with Crippen molar-refractivity contribution in [2.75, 3.05) is 4.90 Å². The summed E-state index contributed by atoms with van der Waals surface area (Å²) >= 11 is 1.86. The zero-order chi connectivity index (χ0) is 34.9. The van der Waals surface area contributed by atoms with Crippen LogP contribution in [-0.2, 0) is 0 Å². The van der Waals surface area contributed by atoms with E-state index in [4.69, 9.17) is 0 Å². The van der Waals surface area contributed by atoms with Crippen molar-refractivity contribution in [3.8, 4) is 16.8 Å². The Hall–Kier alpha value is -6.68. The first-order chi connectivity index (χ1) is 26.3. The van der Waals surface area contributed by atoms with E-state index in [1.54, 1.807) is 0 Å². The largest absolute Gasteiger partial charge is 0.310 e. The fourth-order valence-corrected chi connectivity index (χ4v) is 9.40. The average molecular weight is 693 g/mol. The summed E-state index contributed by atoms with van der Waals surface area (Å²) < 4.78 is 5.05. The number of anilines is 3. The maximum absolute atomic E-state index is 2.45. The standard InChI is InChI=1S/C50H32N2S/c1-2-13-36(14-3-1)52-46-20-10-8-18-42(46)43-28-27-38(32-48(43)52)51(47-31-35-12-4-5-15-39(35)40-16-6-7-17-41(40)47)37-25-22-33(23-26-37)34-24-29-50-45(30-34)44-19-9-11-21-49(44)53-50/h1-32H. The molecule has 0 atom stereocenters. The van der Waals surface area contributed by atoms with Gasteiger partial charge in [-0.3, -0.25) is 0 Å². The van der Waals surface area contributed by atoms with E-state index in [1.807, 2.05) is 11.3 Å². The molecule has 0 radical (unpaired) electrons. The minimum Gasteiger partial charge on any atom is -0.310 e. The van der Waals surface area contributed by atoms with Crippen LogP contribution >= 0.6 is 11.3 Å². The van der Waals surface area contributed by atoms with E-state index < -0.39 is 0 Å². The quantitative estimate of drug-likeness (QED) is 0.163. The van der Waals surface area contributed by atoms with Crippen molar-refractivity contribution < 1.29 is 0 Å². The number of nitrogens with zero attached hydrogens (tertiary/aromatic N) is 2. The van der Waals surface area contributed by atoms with Crippen LogP contribution in [-0.4, -0.2) is 4.57 Å². The second kappa shape index (κ2) is 11.9. The molecule has 0 amide bonds. The Morgan fingerprint density at radius 1 is 0.358 bits per heavy atom. The maximum Gasteiger partial charge on any atom is 0.0561 e. The Morgan fingerprint density at radius 3 is 1.83 bits per heavy atom. The number of fused-ring (bicyclic) bond motifs is 9. The van der Waals surface area contributed by atoms with Crippen molar-refractivity contribution in [1.82, 2.24) is 4.57 Å². The number of para-hydroxylation sites is 2. The van der Waals surface area contributed by atoms with Gasteiger partial charge >= 0.3 is 0 Å². The van der Waals surface area contributed by atoms with Gasteiger partial charge in [-0.2, -0.15) is 0 Å². The van der Waals surface area contributed by atoms with E-state index in [9.17, 15) is 0 Å². The third-order valence-corrected chi connectivity index (χ3v) is 11.9. The predicted molar refractivity (Wildman–Crippen MR) is 229 cm³/mol. The van der Waals surface area contributed by atoms with Gasteiger partial charge in [0, 0.05) is 53.4 Å². The first kappa shape index (κ1) is 30.0. The Balaban J connectivity index is 1.14. The summed E-state index contributed by atoms with van der Waals surface area (Å²) in [6.07, 6.45) is 0. The van der Waals surface area contributed by atoms with Gasteiger partial charge in [0.15, 0.2) is 0 Å². The van der Waals surface area contributed by atoms with E-state index in [1.165, 1.54) is 74.6 Å². The lowest BCUT2D eigenvalue weighted by Crippen LogP contribution is -2.11. The van der Waals surface area contributed by atoms with E-state index in [2.05, 4.69) is 204 Å². The summed E-state index contributed by atoms with van der Waals surface area (Å²) in [5, 5.41) is 10.1. The minimum absolute atomic E-state index is 1.11. The normalized spacial score (nSPS) is 11.8. The molecule has 0 aliphatic carbocycles. The van der Waals surface area contributed by atoms with Gasteiger partial charge in [0.1, 0.15) is 0 Å². The van der Waals surface area contributed by atoms with Gasteiger partial charge in [-0.1, -0.05) is 127 Å². The van der Waals surface area contributed by atoms with Crippen LogP contribution in [0, 0.1) is 0 Å². The van der Waals surface area contributed by atoms with Crippen LogP contribution in [0.4, 0.5) is 17.1 Å². The highest BCUT2D eigenvalue weighted by Crippen LogP contribution is 2.45. The van der Waals surface area contributed by atoms with Crippen molar-refractivity contribution in [2.45, 2.75) is 0 Å². The molecule has 9 aromatic carbocycles. The molecule has 11 aromatic rings. The van der Waals surface area contributed by atoms with Crippen LogP contribution in [0.2, 0.25) is 0 Å². The Labute approximate surface area is 311 Å². The predicted octanol–water partition coefficient (Wildman–Crippen LogP) is 14.6. The first-order valence-corrected chi connectivity index (χ1v) is 18.9. The number of hydrogen-bond donors (Lipinski definition) is 0. The third-order valence-electron chi connectivity index (χ3n) is 10.8. The van der Waals surface area contributed by atoms with E-state index >= 15 is 0 Å². The van der Waals surface area contributed by atoms with Crippen molar-refractivity contribution in [2.24, 2.45) is 0 Å². The molecule has 3 heteroatoms. The first-order valence-electron chi connectivity index (χ1n) is 18.1. The fourth-order valence-electron chi connectivity index (χ4n) is 8.31. The summed E-state index contributed by atoms with van der Waals surface area (Å²) in [7, 11) is 0. The van der Waals surface area contributed by atoms with E-state index in [0.29, 0.717) is 0 Å². The topological polar surface area (TPSA) is 8.17 Å². The summed E-state index contributed by atoms with van der Waals surface area (Å²) in [5.74, 6) is 0. The van der Waals surface area contributed by atoms with Crippen molar-refractivity contribution in [3.63, 3.8) is 0 Å². The molecule has 2 aromatic heterocycles. The molecular weight excluding hydrogens is 661 g/mol. The van der Waals surface area contributed by atoms with Crippen LogP contribution in [0.5, 0.6) is 0 Å². The summed E-state index contributed by atoms with van der Waals surface area (Å²) in [5.41, 5.74) is 9.33. The molecule has 11 rings (SSSR count). The van der Waals surface area contributed by atoms with Crippen molar-refractivity contribution in [3.05, 3.63) is 194 Å². The average Bonchev–Trinajstić information content (AvgIpc) is 3.77. The maximum atomic E-state index is 2.45. The Bertz CT molecular complexity index is 3170. The highest BCUT2D eigenvalue weighted by Gasteiger charge is 2.20. The number of rotatable bonds is 5.